The molecular weight excluding hydrogens is 282 g/mol. The molecule has 0 amide bonds. The third-order valence-electron chi connectivity index (χ3n) is 3.47. The van der Waals surface area contributed by atoms with Crippen LogP contribution in [0.3, 0.4) is 0 Å². The predicted molar refractivity (Wildman–Crippen MR) is 88.8 cm³/mol. The number of rotatable bonds is 6. The van der Waals surface area contributed by atoms with Gasteiger partial charge in [0.2, 0.25) is 0 Å². The van der Waals surface area contributed by atoms with Crippen LogP contribution in [0.5, 0.6) is 5.75 Å². The number of phenols is 1. The Balaban J connectivity index is 2.48. The third kappa shape index (κ3) is 3.41. The van der Waals surface area contributed by atoms with Gasteiger partial charge in [-0.05, 0) is 36.4 Å². The van der Waals surface area contributed by atoms with E-state index in [1.807, 2.05) is 17.0 Å². The topological polar surface area (TPSA) is 116 Å². The van der Waals surface area contributed by atoms with Crippen molar-refractivity contribution in [1.82, 2.24) is 0 Å². The van der Waals surface area contributed by atoms with Gasteiger partial charge in [-0.25, -0.2) is 0 Å². The Morgan fingerprint density at radius 3 is 1.95 bits per heavy atom. The maximum absolute atomic E-state index is 9.66. The standard InChI is InChI=1S/C16H21N3O3/c17-15-3-1-11(19(5-7-20)6-8-21)9-13(15)14-10-12(22)2-4-16(14)18/h1-4,9-10,20-22H,5-8,17-18H2. The van der Waals surface area contributed by atoms with Gasteiger partial charge in [-0.2, -0.15) is 0 Å². The van der Waals surface area contributed by atoms with Crippen molar-refractivity contribution < 1.29 is 15.3 Å². The maximum Gasteiger partial charge on any atom is 0.116 e. The molecule has 2 aromatic carbocycles. The van der Waals surface area contributed by atoms with Gasteiger partial charge < -0.3 is 31.7 Å². The number of hydrogen-bond donors (Lipinski definition) is 5. The fraction of sp³-hybridized carbons (Fsp3) is 0.250. The average Bonchev–Trinajstić information content (AvgIpc) is 2.50. The number of aliphatic hydroxyl groups is 2. The first-order valence-corrected chi connectivity index (χ1v) is 7.02. The van der Waals surface area contributed by atoms with E-state index in [4.69, 9.17) is 21.7 Å². The smallest absolute Gasteiger partial charge is 0.116 e. The molecule has 0 bridgehead atoms. The first kappa shape index (κ1) is 15.9. The monoisotopic (exact) mass is 303 g/mol. The van der Waals surface area contributed by atoms with Crippen molar-refractivity contribution in [2.45, 2.75) is 0 Å². The zero-order valence-corrected chi connectivity index (χ0v) is 12.2. The first-order valence-electron chi connectivity index (χ1n) is 7.02. The highest BCUT2D eigenvalue weighted by Crippen LogP contribution is 2.35. The highest BCUT2D eigenvalue weighted by Gasteiger charge is 2.12. The van der Waals surface area contributed by atoms with Crippen LogP contribution >= 0.6 is 0 Å². The summed E-state index contributed by atoms with van der Waals surface area (Å²) in [7, 11) is 0. The average molecular weight is 303 g/mol. The Bertz CT molecular complexity index is 641. The second kappa shape index (κ2) is 7.02. The minimum atomic E-state index is -0.0199. The van der Waals surface area contributed by atoms with Gasteiger partial charge in [0.1, 0.15) is 5.75 Å². The minimum absolute atomic E-state index is 0.0199. The zero-order valence-electron chi connectivity index (χ0n) is 12.2. The summed E-state index contributed by atoms with van der Waals surface area (Å²) in [6, 6.07) is 10.1. The molecule has 0 heterocycles. The van der Waals surface area contributed by atoms with Gasteiger partial charge in [0, 0.05) is 41.3 Å². The highest BCUT2D eigenvalue weighted by atomic mass is 16.3. The van der Waals surface area contributed by atoms with Crippen molar-refractivity contribution in [3.63, 3.8) is 0 Å². The number of benzene rings is 2. The van der Waals surface area contributed by atoms with Crippen molar-refractivity contribution in [1.29, 1.82) is 0 Å². The lowest BCUT2D eigenvalue weighted by Crippen LogP contribution is -2.29. The van der Waals surface area contributed by atoms with Crippen molar-refractivity contribution in [3.05, 3.63) is 36.4 Å². The fourth-order valence-corrected chi connectivity index (χ4v) is 2.36. The molecule has 6 nitrogen and oxygen atoms in total. The Morgan fingerprint density at radius 2 is 1.36 bits per heavy atom. The van der Waals surface area contributed by atoms with E-state index < -0.39 is 0 Å². The predicted octanol–water partition coefficient (Wildman–Crippen LogP) is 1.01. The van der Waals surface area contributed by atoms with Gasteiger partial charge in [0.15, 0.2) is 0 Å². The van der Waals surface area contributed by atoms with Crippen molar-refractivity contribution in [3.8, 4) is 16.9 Å². The van der Waals surface area contributed by atoms with Crippen molar-refractivity contribution >= 4 is 17.1 Å². The summed E-state index contributed by atoms with van der Waals surface area (Å²) in [5.74, 6) is 0.108. The molecule has 0 aliphatic carbocycles. The number of phenolic OH excluding ortho intramolecular Hbond substituents is 1. The second-order valence-corrected chi connectivity index (χ2v) is 4.98. The molecule has 22 heavy (non-hydrogen) atoms. The summed E-state index contributed by atoms with van der Waals surface area (Å²) in [5.41, 5.74) is 15.2. The van der Waals surface area contributed by atoms with E-state index in [0.29, 0.717) is 35.6 Å². The van der Waals surface area contributed by atoms with E-state index >= 15 is 0 Å². The Kier molecular flexibility index (Phi) is 5.08. The van der Waals surface area contributed by atoms with Crippen LogP contribution in [-0.2, 0) is 0 Å². The van der Waals surface area contributed by atoms with Crippen molar-refractivity contribution in [2.75, 3.05) is 42.7 Å². The third-order valence-corrected chi connectivity index (χ3v) is 3.47. The summed E-state index contributed by atoms with van der Waals surface area (Å²) in [4.78, 5) is 1.85. The van der Waals surface area contributed by atoms with Crippen LogP contribution in [0.25, 0.3) is 11.1 Å². The lowest BCUT2D eigenvalue weighted by atomic mass is 10.0. The number of hydrogen-bond acceptors (Lipinski definition) is 6. The van der Waals surface area contributed by atoms with Crippen LogP contribution < -0.4 is 16.4 Å². The molecule has 6 heteroatoms. The number of nitrogen functional groups attached to an aromatic ring is 2. The number of nitrogens with two attached hydrogens (primary N) is 2. The second-order valence-electron chi connectivity index (χ2n) is 4.98. The van der Waals surface area contributed by atoms with Gasteiger partial charge in [-0.3, -0.25) is 0 Å². The first-order chi connectivity index (χ1) is 10.6. The molecule has 2 rings (SSSR count). The van der Waals surface area contributed by atoms with Gasteiger partial charge in [0.25, 0.3) is 0 Å². The largest absolute Gasteiger partial charge is 0.508 e. The summed E-state index contributed by atoms with van der Waals surface area (Å²) in [6.45, 7) is 0.765. The molecule has 0 saturated heterocycles. The van der Waals surface area contributed by atoms with Gasteiger partial charge in [0.05, 0.1) is 13.2 Å². The van der Waals surface area contributed by atoms with Gasteiger partial charge in [-0.15, -0.1) is 0 Å². The molecule has 0 saturated carbocycles. The fourth-order valence-electron chi connectivity index (χ4n) is 2.36. The van der Waals surface area contributed by atoms with Crippen LogP contribution in [0.1, 0.15) is 0 Å². The Labute approximate surface area is 129 Å². The molecule has 0 aromatic heterocycles. The maximum atomic E-state index is 9.66. The van der Waals surface area contributed by atoms with E-state index in [1.54, 1.807) is 18.2 Å². The van der Waals surface area contributed by atoms with Crippen LogP contribution in [0, 0.1) is 0 Å². The molecule has 0 radical (unpaired) electrons. The lowest BCUT2D eigenvalue weighted by molar-refractivity contribution is 0.281. The van der Waals surface area contributed by atoms with Crippen LogP contribution in [0.2, 0.25) is 0 Å². The summed E-state index contributed by atoms with van der Waals surface area (Å²) in [6.07, 6.45) is 0. The molecule has 7 N–H and O–H groups in total. The summed E-state index contributed by atoms with van der Waals surface area (Å²) < 4.78 is 0. The number of aromatic hydroxyl groups is 1. The zero-order chi connectivity index (χ0) is 16.1. The Morgan fingerprint density at radius 1 is 0.818 bits per heavy atom. The van der Waals surface area contributed by atoms with Crippen LogP contribution in [0.4, 0.5) is 17.1 Å². The molecule has 2 aromatic rings. The van der Waals surface area contributed by atoms with Gasteiger partial charge >= 0.3 is 0 Å². The summed E-state index contributed by atoms with van der Waals surface area (Å²) in [5, 5.41) is 28.0. The number of nitrogens with zero attached hydrogens (tertiary/aromatic N) is 1. The molecule has 0 fully saturated rings. The molecule has 0 unspecified atom stereocenters. The Hall–Kier alpha value is -2.44. The number of anilines is 3. The quantitative estimate of drug-likeness (QED) is 0.402. The van der Waals surface area contributed by atoms with Crippen LogP contribution in [0.15, 0.2) is 36.4 Å². The van der Waals surface area contributed by atoms with Crippen molar-refractivity contribution in [2.24, 2.45) is 0 Å². The molecule has 118 valence electrons. The molecule has 0 atom stereocenters. The van der Waals surface area contributed by atoms with E-state index in [0.717, 1.165) is 5.69 Å². The molecule has 0 aliphatic heterocycles. The lowest BCUT2D eigenvalue weighted by Gasteiger charge is -2.24. The SMILES string of the molecule is Nc1ccc(O)cc1-c1cc(N(CCO)CCO)ccc1N. The summed E-state index contributed by atoms with van der Waals surface area (Å²) >= 11 is 0. The van der Waals surface area contributed by atoms with Gasteiger partial charge in [-0.1, -0.05) is 0 Å². The number of aliphatic hydroxyl groups excluding tert-OH is 2. The van der Waals surface area contributed by atoms with E-state index in [2.05, 4.69) is 0 Å². The molecular formula is C16H21N3O3. The minimum Gasteiger partial charge on any atom is -0.508 e. The molecule has 0 aliphatic rings. The normalized spacial score (nSPS) is 10.6. The molecule has 0 spiro atoms. The van der Waals surface area contributed by atoms with E-state index in [9.17, 15) is 5.11 Å². The van der Waals surface area contributed by atoms with E-state index in [1.165, 1.54) is 6.07 Å². The highest BCUT2D eigenvalue weighted by molar-refractivity contribution is 5.87. The van der Waals surface area contributed by atoms with Crippen LogP contribution in [-0.4, -0.2) is 41.6 Å². The van der Waals surface area contributed by atoms with E-state index in [-0.39, 0.29) is 19.0 Å².